The van der Waals surface area contributed by atoms with Crippen molar-refractivity contribution in [1.82, 2.24) is 20.3 Å². The summed E-state index contributed by atoms with van der Waals surface area (Å²) in [6, 6.07) is 0. The maximum atomic E-state index is 12.3. The Labute approximate surface area is 134 Å². The Balaban J connectivity index is 1.79. The van der Waals surface area contributed by atoms with Crippen LogP contribution in [-0.4, -0.2) is 49.0 Å². The largest absolute Gasteiger partial charge is 0.479 e. The summed E-state index contributed by atoms with van der Waals surface area (Å²) in [7, 11) is 0. The number of thioether (sulfide) groups is 1. The molecule has 0 bridgehead atoms. The number of rotatable bonds is 4. The van der Waals surface area contributed by atoms with Crippen molar-refractivity contribution in [2.24, 2.45) is 0 Å². The Morgan fingerprint density at radius 2 is 2.23 bits per heavy atom. The quantitative estimate of drug-likeness (QED) is 0.866. The van der Waals surface area contributed by atoms with Crippen molar-refractivity contribution in [3.8, 4) is 10.7 Å². The molecule has 2 N–H and O–H groups in total. The van der Waals surface area contributed by atoms with Crippen molar-refractivity contribution in [2.45, 2.75) is 12.0 Å². The van der Waals surface area contributed by atoms with Gasteiger partial charge >= 0.3 is 5.97 Å². The molecule has 1 atom stereocenters. The van der Waals surface area contributed by atoms with Gasteiger partial charge in [-0.3, -0.25) is 14.8 Å². The van der Waals surface area contributed by atoms with Crippen molar-refractivity contribution < 1.29 is 14.7 Å². The average molecular weight is 336 g/mol. The highest BCUT2D eigenvalue weighted by Crippen LogP contribution is 2.29. The second-order valence-electron chi connectivity index (χ2n) is 4.77. The zero-order chi connectivity index (χ0) is 15.6. The van der Waals surface area contributed by atoms with Crippen LogP contribution >= 0.6 is 23.1 Å². The van der Waals surface area contributed by atoms with Gasteiger partial charge < -0.3 is 10.4 Å². The number of nitrogens with one attached hydrogen (secondary N) is 1. The first-order valence-electron chi connectivity index (χ1n) is 6.46. The van der Waals surface area contributed by atoms with Crippen molar-refractivity contribution in [1.29, 1.82) is 0 Å². The molecular formula is C13H12N4O3S2. The van der Waals surface area contributed by atoms with Gasteiger partial charge in [0.15, 0.2) is 0 Å². The Bertz CT molecular complexity index is 698. The first-order chi connectivity index (χ1) is 10.6. The Kier molecular flexibility index (Phi) is 4.08. The van der Waals surface area contributed by atoms with Crippen LogP contribution in [0.4, 0.5) is 0 Å². The minimum absolute atomic E-state index is 0.197. The van der Waals surface area contributed by atoms with Crippen molar-refractivity contribution in [3.63, 3.8) is 0 Å². The summed E-state index contributed by atoms with van der Waals surface area (Å²) in [5, 5.41) is 14.2. The SMILES string of the molecule is O=C(NC1(C(=O)O)CCSC1)c1csc(-c2cnccn2)n1. The van der Waals surface area contributed by atoms with Crippen LogP contribution in [0.1, 0.15) is 16.9 Å². The molecular weight excluding hydrogens is 324 g/mol. The number of carbonyl (C=O) groups excluding carboxylic acids is 1. The molecule has 1 amide bonds. The molecule has 1 aliphatic rings. The zero-order valence-corrected chi connectivity index (χ0v) is 13.0. The van der Waals surface area contributed by atoms with Crippen molar-refractivity contribution in [3.05, 3.63) is 29.7 Å². The van der Waals surface area contributed by atoms with E-state index in [0.717, 1.165) is 0 Å². The van der Waals surface area contributed by atoms with E-state index in [-0.39, 0.29) is 5.69 Å². The number of hydrogen-bond acceptors (Lipinski definition) is 7. The highest BCUT2D eigenvalue weighted by atomic mass is 32.2. The molecule has 0 radical (unpaired) electrons. The molecule has 0 aromatic carbocycles. The third-order valence-corrected chi connectivity index (χ3v) is 5.36. The van der Waals surface area contributed by atoms with Crippen LogP contribution in [0, 0.1) is 0 Å². The summed E-state index contributed by atoms with van der Waals surface area (Å²) in [5.41, 5.74) is -0.419. The first-order valence-corrected chi connectivity index (χ1v) is 8.50. The maximum Gasteiger partial charge on any atom is 0.330 e. The van der Waals surface area contributed by atoms with E-state index in [0.29, 0.717) is 28.6 Å². The lowest BCUT2D eigenvalue weighted by atomic mass is 9.99. The summed E-state index contributed by atoms with van der Waals surface area (Å²) in [5.74, 6) is -0.393. The molecule has 114 valence electrons. The Hall–Kier alpha value is -2.00. The molecule has 3 heterocycles. The highest BCUT2D eigenvalue weighted by molar-refractivity contribution is 7.99. The summed E-state index contributed by atoms with van der Waals surface area (Å²) in [4.78, 5) is 36.0. The third kappa shape index (κ3) is 2.81. The van der Waals surface area contributed by atoms with Crippen LogP contribution < -0.4 is 5.32 Å². The second-order valence-corrected chi connectivity index (χ2v) is 6.74. The van der Waals surface area contributed by atoms with Crippen LogP contribution in [0.15, 0.2) is 24.0 Å². The van der Waals surface area contributed by atoms with Gasteiger partial charge in [-0.25, -0.2) is 9.78 Å². The van der Waals surface area contributed by atoms with Crippen LogP contribution in [0.5, 0.6) is 0 Å². The minimum Gasteiger partial charge on any atom is -0.479 e. The number of aromatic nitrogens is 3. The Morgan fingerprint density at radius 3 is 2.86 bits per heavy atom. The van der Waals surface area contributed by atoms with E-state index < -0.39 is 17.4 Å². The van der Waals surface area contributed by atoms with Crippen molar-refractivity contribution in [2.75, 3.05) is 11.5 Å². The van der Waals surface area contributed by atoms with Gasteiger partial charge in [0.2, 0.25) is 0 Å². The zero-order valence-electron chi connectivity index (χ0n) is 11.4. The lowest BCUT2D eigenvalue weighted by molar-refractivity contribution is -0.143. The van der Waals surface area contributed by atoms with Gasteiger partial charge in [-0.15, -0.1) is 11.3 Å². The van der Waals surface area contributed by atoms with Crippen LogP contribution in [0.2, 0.25) is 0 Å². The van der Waals surface area contributed by atoms with Crippen molar-refractivity contribution >= 4 is 35.0 Å². The molecule has 1 aliphatic heterocycles. The van der Waals surface area contributed by atoms with E-state index in [2.05, 4.69) is 20.3 Å². The fourth-order valence-electron chi connectivity index (χ4n) is 2.07. The highest BCUT2D eigenvalue weighted by Gasteiger charge is 2.43. The maximum absolute atomic E-state index is 12.3. The Morgan fingerprint density at radius 1 is 1.36 bits per heavy atom. The molecule has 7 nitrogen and oxygen atoms in total. The molecule has 9 heteroatoms. The number of carboxylic acid groups (broad SMARTS) is 1. The monoisotopic (exact) mass is 336 g/mol. The van der Waals surface area contributed by atoms with Crippen LogP contribution in [0.25, 0.3) is 10.7 Å². The average Bonchev–Trinajstić information content (AvgIpc) is 3.18. The number of hydrogen-bond donors (Lipinski definition) is 2. The summed E-state index contributed by atoms with van der Waals surface area (Å²) >= 11 is 2.79. The van der Waals surface area contributed by atoms with E-state index in [1.807, 2.05) is 0 Å². The second kappa shape index (κ2) is 6.01. The fourth-order valence-corrected chi connectivity index (χ4v) is 4.16. The number of nitrogens with zero attached hydrogens (tertiary/aromatic N) is 3. The van der Waals surface area contributed by atoms with E-state index in [4.69, 9.17) is 0 Å². The summed E-state index contributed by atoms with van der Waals surface area (Å²) in [6.45, 7) is 0. The minimum atomic E-state index is -1.20. The molecule has 0 aliphatic carbocycles. The molecule has 2 aromatic rings. The number of carbonyl (C=O) groups is 2. The van der Waals surface area contributed by atoms with Gasteiger partial charge in [0.25, 0.3) is 5.91 Å². The van der Waals surface area contributed by atoms with Gasteiger partial charge in [-0.05, 0) is 12.2 Å². The molecule has 1 unspecified atom stereocenters. The molecule has 1 saturated heterocycles. The van der Waals surface area contributed by atoms with E-state index in [9.17, 15) is 14.7 Å². The van der Waals surface area contributed by atoms with E-state index in [1.54, 1.807) is 24.0 Å². The molecule has 2 aromatic heterocycles. The molecule has 0 saturated carbocycles. The van der Waals surface area contributed by atoms with E-state index in [1.165, 1.54) is 23.1 Å². The molecule has 3 rings (SSSR count). The normalized spacial score (nSPS) is 20.7. The lowest BCUT2D eigenvalue weighted by Gasteiger charge is -2.23. The summed E-state index contributed by atoms with van der Waals surface area (Å²) < 4.78 is 0. The first kappa shape index (κ1) is 14.9. The number of amides is 1. The lowest BCUT2D eigenvalue weighted by Crippen LogP contribution is -2.54. The number of aliphatic carboxylic acids is 1. The van der Waals surface area contributed by atoms with E-state index >= 15 is 0 Å². The number of carboxylic acids is 1. The summed E-state index contributed by atoms with van der Waals surface area (Å²) in [6.07, 6.45) is 5.08. The van der Waals surface area contributed by atoms with Crippen LogP contribution in [0.3, 0.4) is 0 Å². The van der Waals surface area contributed by atoms with Gasteiger partial charge in [-0.1, -0.05) is 0 Å². The molecule has 22 heavy (non-hydrogen) atoms. The molecule has 1 fully saturated rings. The van der Waals surface area contributed by atoms with Crippen LogP contribution in [-0.2, 0) is 4.79 Å². The topological polar surface area (TPSA) is 105 Å². The predicted octanol–water partition coefficient (Wildman–Crippen LogP) is 1.29. The van der Waals surface area contributed by atoms with Gasteiger partial charge in [-0.2, -0.15) is 11.8 Å². The predicted molar refractivity (Wildman–Crippen MR) is 82.9 cm³/mol. The van der Waals surface area contributed by atoms with Gasteiger partial charge in [0.1, 0.15) is 21.9 Å². The fraction of sp³-hybridized carbons (Fsp3) is 0.308. The standard InChI is InChI=1S/C13H12N4O3S2/c18-10(17-13(12(19)20)1-4-21-7-13)9-6-22-11(16-9)8-5-14-2-3-15-8/h2-3,5-6H,1,4,7H2,(H,17,18)(H,19,20). The van der Waals surface area contributed by atoms with Gasteiger partial charge in [0, 0.05) is 23.5 Å². The third-order valence-electron chi connectivity index (χ3n) is 3.30. The smallest absolute Gasteiger partial charge is 0.330 e. The number of thiazole rings is 1. The van der Waals surface area contributed by atoms with Gasteiger partial charge in [0.05, 0.1) is 6.20 Å². The molecule has 0 spiro atoms.